The van der Waals surface area contributed by atoms with Crippen LogP contribution in [0.5, 0.6) is 5.75 Å². The maximum absolute atomic E-state index is 9.35. The minimum Gasteiger partial charge on any atom is -0.496 e. The SMILES string of the molecule is C=CCn1c(SCc2ccc(-c3ccccc3C#N)cc2)nnc1-c1ccccc1OC. The first-order valence-electron chi connectivity index (χ1n) is 10.1. The largest absolute Gasteiger partial charge is 0.496 e. The first kappa shape index (κ1) is 21.4. The smallest absolute Gasteiger partial charge is 0.192 e. The Hall–Kier alpha value is -3.82. The lowest BCUT2D eigenvalue weighted by molar-refractivity contribution is 0.416. The van der Waals surface area contributed by atoms with Crippen molar-refractivity contribution in [1.82, 2.24) is 14.8 Å². The number of thioether (sulfide) groups is 1. The summed E-state index contributed by atoms with van der Waals surface area (Å²) in [5.74, 6) is 2.27. The molecule has 1 heterocycles. The van der Waals surface area contributed by atoms with Crippen LogP contribution in [0.2, 0.25) is 0 Å². The molecule has 0 aliphatic heterocycles. The summed E-state index contributed by atoms with van der Waals surface area (Å²) >= 11 is 1.63. The topological polar surface area (TPSA) is 63.7 Å². The molecular formula is C26H22N4OS. The van der Waals surface area contributed by atoms with Crippen molar-refractivity contribution in [3.63, 3.8) is 0 Å². The van der Waals surface area contributed by atoms with Crippen LogP contribution in [0.25, 0.3) is 22.5 Å². The minimum atomic E-state index is 0.604. The third kappa shape index (κ3) is 4.43. The Morgan fingerprint density at radius 1 is 1.00 bits per heavy atom. The van der Waals surface area contributed by atoms with Crippen LogP contribution in [0.4, 0.5) is 0 Å². The van der Waals surface area contributed by atoms with Gasteiger partial charge in [-0.15, -0.1) is 16.8 Å². The van der Waals surface area contributed by atoms with Gasteiger partial charge in [-0.1, -0.05) is 72.4 Å². The third-order valence-electron chi connectivity index (χ3n) is 5.06. The molecule has 0 N–H and O–H groups in total. The molecule has 32 heavy (non-hydrogen) atoms. The number of para-hydroxylation sites is 1. The van der Waals surface area contributed by atoms with Crippen LogP contribution in [0.1, 0.15) is 11.1 Å². The highest BCUT2D eigenvalue weighted by atomic mass is 32.2. The van der Waals surface area contributed by atoms with E-state index in [2.05, 4.69) is 47.1 Å². The predicted molar refractivity (Wildman–Crippen MR) is 128 cm³/mol. The van der Waals surface area contributed by atoms with Crippen LogP contribution in [0.15, 0.2) is 90.6 Å². The molecule has 0 saturated carbocycles. The standard InChI is InChI=1S/C26H22N4OS/c1-3-16-30-25(23-10-6-7-11-24(23)31-2)28-29-26(30)32-18-19-12-14-20(15-13-19)22-9-5-4-8-21(22)17-27/h3-15H,1,16,18H2,2H3. The third-order valence-corrected chi connectivity index (χ3v) is 6.09. The van der Waals surface area contributed by atoms with Crippen molar-refractivity contribution in [1.29, 1.82) is 5.26 Å². The van der Waals surface area contributed by atoms with E-state index in [1.54, 1.807) is 18.9 Å². The van der Waals surface area contributed by atoms with Gasteiger partial charge in [-0.3, -0.25) is 4.57 Å². The number of benzene rings is 3. The molecule has 4 aromatic rings. The molecule has 0 spiro atoms. The van der Waals surface area contributed by atoms with Crippen LogP contribution in [0, 0.1) is 11.3 Å². The molecule has 4 rings (SSSR count). The van der Waals surface area contributed by atoms with Crippen molar-refractivity contribution in [3.05, 3.63) is 96.6 Å². The van der Waals surface area contributed by atoms with Gasteiger partial charge in [-0.25, -0.2) is 0 Å². The Bertz CT molecular complexity index is 1270. The Morgan fingerprint density at radius 3 is 2.44 bits per heavy atom. The van der Waals surface area contributed by atoms with Gasteiger partial charge < -0.3 is 4.74 Å². The van der Waals surface area contributed by atoms with Gasteiger partial charge in [0.05, 0.1) is 24.3 Å². The lowest BCUT2D eigenvalue weighted by atomic mass is 10.00. The molecule has 0 fully saturated rings. The van der Waals surface area contributed by atoms with Crippen LogP contribution < -0.4 is 4.74 Å². The summed E-state index contributed by atoms with van der Waals surface area (Å²) in [6, 6.07) is 26.0. The monoisotopic (exact) mass is 438 g/mol. The number of hydrogen-bond acceptors (Lipinski definition) is 5. The molecule has 0 aliphatic rings. The summed E-state index contributed by atoms with van der Waals surface area (Å²) in [5.41, 5.74) is 4.72. The summed E-state index contributed by atoms with van der Waals surface area (Å²) in [7, 11) is 1.65. The molecule has 0 saturated heterocycles. The van der Waals surface area contributed by atoms with E-state index in [0.717, 1.165) is 39.2 Å². The second-order valence-corrected chi connectivity index (χ2v) is 7.99. The molecule has 0 radical (unpaired) electrons. The Morgan fingerprint density at radius 2 is 1.72 bits per heavy atom. The minimum absolute atomic E-state index is 0.604. The van der Waals surface area contributed by atoms with Crippen molar-refractivity contribution in [3.8, 4) is 34.3 Å². The Balaban J connectivity index is 1.55. The van der Waals surface area contributed by atoms with Gasteiger partial charge in [-0.2, -0.15) is 5.26 Å². The number of ether oxygens (including phenoxy) is 1. The molecule has 1 aromatic heterocycles. The average Bonchev–Trinajstić information content (AvgIpc) is 3.25. The number of hydrogen-bond donors (Lipinski definition) is 0. The van der Waals surface area contributed by atoms with Gasteiger partial charge in [0.1, 0.15) is 5.75 Å². The number of nitrogens with zero attached hydrogens (tertiary/aromatic N) is 4. The molecule has 6 heteroatoms. The second-order valence-electron chi connectivity index (χ2n) is 7.05. The Labute approximate surface area is 192 Å². The number of rotatable bonds is 8. The molecule has 0 atom stereocenters. The fourth-order valence-electron chi connectivity index (χ4n) is 3.48. The summed E-state index contributed by atoms with van der Waals surface area (Å²) in [6.45, 7) is 4.49. The van der Waals surface area contributed by atoms with Crippen molar-refractivity contribution in [2.24, 2.45) is 0 Å². The number of methoxy groups -OCH3 is 1. The zero-order valence-corrected chi connectivity index (χ0v) is 18.5. The first-order valence-corrected chi connectivity index (χ1v) is 11.1. The van der Waals surface area contributed by atoms with Gasteiger partial charge in [0.25, 0.3) is 0 Å². The molecule has 0 aliphatic carbocycles. The number of aromatic nitrogens is 3. The van der Waals surface area contributed by atoms with Crippen molar-refractivity contribution in [2.75, 3.05) is 7.11 Å². The zero-order chi connectivity index (χ0) is 22.3. The zero-order valence-electron chi connectivity index (χ0n) is 17.7. The average molecular weight is 439 g/mol. The van der Waals surface area contributed by atoms with E-state index in [9.17, 15) is 5.26 Å². The fourth-order valence-corrected chi connectivity index (χ4v) is 4.38. The van der Waals surface area contributed by atoms with Crippen LogP contribution >= 0.6 is 11.8 Å². The predicted octanol–water partition coefficient (Wildman–Crippen LogP) is 5.97. The molecule has 158 valence electrons. The van der Waals surface area contributed by atoms with Gasteiger partial charge in [0, 0.05) is 12.3 Å². The van der Waals surface area contributed by atoms with Crippen molar-refractivity contribution >= 4 is 11.8 Å². The highest BCUT2D eigenvalue weighted by Crippen LogP contribution is 2.32. The number of allylic oxidation sites excluding steroid dienone is 1. The van der Waals surface area contributed by atoms with Crippen LogP contribution in [-0.4, -0.2) is 21.9 Å². The van der Waals surface area contributed by atoms with E-state index < -0.39 is 0 Å². The van der Waals surface area contributed by atoms with E-state index in [1.165, 1.54) is 5.56 Å². The van der Waals surface area contributed by atoms with Gasteiger partial charge >= 0.3 is 0 Å². The number of nitriles is 1. The summed E-state index contributed by atoms with van der Waals surface area (Å²) < 4.78 is 7.55. The van der Waals surface area contributed by atoms with E-state index in [1.807, 2.05) is 59.2 Å². The molecule has 0 amide bonds. The normalized spacial score (nSPS) is 10.5. The second kappa shape index (κ2) is 9.99. The fraction of sp³-hybridized carbons (Fsp3) is 0.115. The summed E-state index contributed by atoms with van der Waals surface area (Å²) in [6.07, 6.45) is 1.84. The summed E-state index contributed by atoms with van der Waals surface area (Å²) in [4.78, 5) is 0. The highest BCUT2D eigenvalue weighted by Gasteiger charge is 2.16. The molecular weight excluding hydrogens is 416 g/mol. The highest BCUT2D eigenvalue weighted by molar-refractivity contribution is 7.98. The van der Waals surface area contributed by atoms with Gasteiger partial charge in [0.2, 0.25) is 0 Å². The maximum atomic E-state index is 9.35. The molecule has 0 bridgehead atoms. The molecule has 3 aromatic carbocycles. The van der Waals surface area contributed by atoms with Gasteiger partial charge in [0.15, 0.2) is 11.0 Å². The Kier molecular flexibility index (Phi) is 6.69. The van der Waals surface area contributed by atoms with Crippen molar-refractivity contribution in [2.45, 2.75) is 17.5 Å². The van der Waals surface area contributed by atoms with E-state index in [-0.39, 0.29) is 0 Å². The lowest BCUT2D eigenvalue weighted by Crippen LogP contribution is -2.01. The quantitative estimate of drug-likeness (QED) is 0.250. The lowest BCUT2D eigenvalue weighted by Gasteiger charge is -2.11. The van der Waals surface area contributed by atoms with Gasteiger partial charge in [-0.05, 0) is 34.9 Å². The van der Waals surface area contributed by atoms with Crippen molar-refractivity contribution < 1.29 is 4.74 Å². The maximum Gasteiger partial charge on any atom is 0.192 e. The summed E-state index contributed by atoms with van der Waals surface area (Å²) in [5, 5.41) is 19.0. The van der Waals surface area contributed by atoms with E-state index >= 15 is 0 Å². The molecule has 5 nitrogen and oxygen atoms in total. The van der Waals surface area contributed by atoms with Crippen LogP contribution in [0.3, 0.4) is 0 Å². The van der Waals surface area contributed by atoms with E-state index in [0.29, 0.717) is 12.1 Å². The van der Waals surface area contributed by atoms with Crippen LogP contribution in [-0.2, 0) is 12.3 Å². The molecule has 0 unspecified atom stereocenters. The van der Waals surface area contributed by atoms with E-state index in [4.69, 9.17) is 4.74 Å². The first-order chi connectivity index (χ1) is 15.7.